The number of esters is 1. The molecule has 0 amide bonds. The summed E-state index contributed by atoms with van der Waals surface area (Å²) in [6, 6.07) is 21.0. The Kier molecular flexibility index (Phi) is 5.43. The second kappa shape index (κ2) is 8.31. The van der Waals surface area contributed by atoms with Gasteiger partial charge in [0, 0.05) is 24.2 Å². The number of nitrogens with zero attached hydrogens (tertiary/aromatic N) is 1. The van der Waals surface area contributed by atoms with E-state index >= 15 is 0 Å². The Hall–Kier alpha value is -3.40. The highest BCUT2D eigenvalue weighted by atomic mass is 16.5. The van der Waals surface area contributed by atoms with E-state index in [1.54, 1.807) is 6.08 Å². The van der Waals surface area contributed by atoms with E-state index in [0.717, 1.165) is 16.8 Å². The highest BCUT2D eigenvalue weighted by Crippen LogP contribution is 2.32. The first-order valence-corrected chi connectivity index (χ1v) is 9.84. The quantitative estimate of drug-likeness (QED) is 0.440. The average molecular weight is 385 g/mol. The van der Waals surface area contributed by atoms with Gasteiger partial charge in [0.1, 0.15) is 0 Å². The summed E-state index contributed by atoms with van der Waals surface area (Å²) in [5, 5.41) is 0. The lowest BCUT2D eigenvalue weighted by Gasteiger charge is -2.10. The van der Waals surface area contributed by atoms with Gasteiger partial charge < -0.3 is 9.30 Å². The van der Waals surface area contributed by atoms with Crippen molar-refractivity contribution in [2.45, 2.75) is 25.3 Å². The second-order valence-corrected chi connectivity index (χ2v) is 7.19. The molecule has 1 unspecified atom stereocenters. The summed E-state index contributed by atoms with van der Waals surface area (Å²) in [5.74, 6) is -0.562. The average Bonchev–Trinajstić information content (AvgIpc) is 3.36. The smallest absolute Gasteiger partial charge is 0.315 e. The number of ketones is 1. The van der Waals surface area contributed by atoms with E-state index in [4.69, 9.17) is 4.74 Å². The first-order valence-electron chi connectivity index (χ1n) is 9.84. The molecule has 0 saturated heterocycles. The molecule has 2 heterocycles. The number of aromatic nitrogens is 1. The Labute approximate surface area is 170 Å². The van der Waals surface area contributed by atoms with Gasteiger partial charge in [-0.2, -0.15) is 0 Å². The SMILES string of the molecule is C=Cc1ccc(C(=O)c2ccc3n2CCC3C(=O)OCCc2ccccc2)cc1. The van der Waals surface area contributed by atoms with Crippen LogP contribution in [0.5, 0.6) is 0 Å². The molecular formula is C25H23NO3. The number of hydrogen-bond acceptors (Lipinski definition) is 3. The van der Waals surface area contributed by atoms with E-state index < -0.39 is 0 Å². The molecule has 0 fully saturated rings. The third-order valence-corrected chi connectivity index (χ3v) is 5.42. The molecule has 1 aliphatic rings. The monoisotopic (exact) mass is 385 g/mol. The van der Waals surface area contributed by atoms with Gasteiger partial charge in [0.15, 0.2) is 0 Å². The third kappa shape index (κ3) is 3.92. The number of carbonyl (C=O) groups excluding carboxylic acids is 2. The molecule has 1 aliphatic heterocycles. The zero-order chi connectivity index (χ0) is 20.2. The fraction of sp³-hybridized carbons (Fsp3) is 0.200. The zero-order valence-electron chi connectivity index (χ0n) is 16.2. The van der Waals surface area contributed by atoms with Gasteiger partial charge in [0.05, 0.1) is 18.2 Å². The third-order valence-electron chi connectivity index (χ3n) is 5.42. The molecule has 4 rings (SSSR count). The van der Waals surface area contributed by atoms with Crippen LogP contribution < -0.4 is 0 Å². The minimum atomic E-state index is -0.310. The molecule has 1 atom stereocenters. The van der Waals surface area contributed by atoms with Crippen LogP contribution in [-0.2, 0) is 22.5 Å². The molecule has 0 aliphatic carbocycles. The van der Waals surface area contributed by atoms with Crippen molar-refractivity contribution in [1.29, 1.82) is 0 Å². The summed E-state index contributed by atoms with van der Waals surface area (Å²) in [6.07, 6.45) is 3.11. The van der Waals surface area contributed by atoms with Crippen molar-refractivity contribution in [3.8, 4) is 0 Å². The topological polar surface area (TPSA) is 48.3 Å². The molecule has 0 N–H and O–H groups in total. The van der Waals surface area contributed by atoms with Gasteiger partial charge in [-0.15, -0.1) is 0 Å². The van der Waals surface area contributed by atoms with Crippen molar-refractivity contribution < 1.29 is 14.3 Å². The fourth-order valence-corrected chi connectivity index (χ4v) is 3.81. The van der Waals surface area contributed by atoms with Gasteiger partial charge in [0.25, 0.3) is 0 Å². The van der Waals surface area contributed by atoms with Crippen molar-refractivity contribution in [3.63, 3.8) is 0 Å². The maximum absolute atomic E-state index is 12.9. The van der Waals surface area contributed by atoms with E-state index in [1.807, 2.05) is 71.3 Å². The summed E-state index contributed by atoms with van der Waals surface area (Å²) in [7, 11) is 0. The number of fused-ring (bicyclic) bond motifs is 1. The van der Waals surface area contributed by atoms with Crippen LogP contribution in [0.3, 0.4) is 0 Å². The Balaban J connectivity index is 1.43. The molecule has 29 heavy (non-hydrogen) atoms. The van der Waals surface area contributed by atoms with E-state index in [0.29, 0.717) is 37.3 Å². The molecular weight excluding hydrogens is 362 g/mol. The van der Waals surface area contributed by atoms with Gasteiger partial charge in [-0.05, 0) is 29.7 Å². The summed E-state index contributed by atoms with van der Waals surface area (Å²) < 4.78 is 7.47. The highest BCUT2D eigenvalue weighted by molar-refractivity contribution is 6.08. The van der Waals surface area contributed by atoms with Crippen molar-refractivity contribution in [3.05, 3.63) is 101 Å². The first-order chi connectivity index (χ1) is 14.2. The predicted octanol–water partition coefficient (Wildman–Crippen LogP) is 4.64. The van der Waals surface area contributed by atoms with Crippen LogP contribution in [0.1, 0.15) is 45.2 Å². The lowest BCUT2D eigenvalue weighted by atomic mass is 10.0. The Bertz CT molecular complexity index is 1030. The van der Waals surface area contributed by atoms with Crippen molar-refractivity contribution >= 4 is 17.8 Å². The molecule has 1 aromatic heterocycles. The van der Waals surface area contributed by atoms with E-state index in [2.05, 4.69) is 6.58 Å². The van der Waals surface area contributed by atoms with Crippen molar-refractivity contribution in [1.82, 2.24) is 4.57 Å². The molecule has 146 valence electrons. The zero-order valence-corrected chi connectivity index (χ0v) is 16.2. The highest BCUT2D eigenvalue weighted by Gasteiger charge is 2.33. The van der Waals surface area contributed by atoms with Crippen molar-refractivity contribution in [2.24, 2.45) is 0 Å². The van der Waals surface area contributed by atoms with Crippen LogP contribution in [0.2, 0.25) is 0 Å². The van der Waals surface area contributed by atoms with E-state index in [1.165, 1.54) is 0 Å². The number of hydrogen-bond donors (Lipinski definition) is 0. The van der Waals surface area contributed by atoms with Gasteiger partial charge in [-0.1, -0.05) is 67.3 Å². The Morgan fingerprint density at radius 1 is 1.03 bits per heavy atom. The number of benzene rings is 2. The molecule has 0 saturated carbocycles. The largest absolute Gasteiger partial charge is 0.465 e. The lowest BCUT2D eigenvalue weighted by molar-refractivity contribution is -0.145. The molecule has 4 heteroatoms. The van der Waals surface area contributed by atoms with Crippen LogP contribution in [0.25, 0.3) is 6.08 Å². The van der Waals surface area contributed by atoms with Crippen LogP contribution >= 0.6 is 0 Å². The molecule has 0 spiro atoms. The van der Waals surface area contributed by atoms with Gasteiger partial charge in [0.2, 0.25) is 5.78 Å². The van der Waals surface area contributed by atoms with Crippen molar-refractivity contribution in [2.75, 3.05) is 6.61 Å². The summed E-state index contributed by atoms with van der Waals surface area (Å²) >= 11 is 0. The van der Waals surface area contributed by atoms with E-state index in [9.17, 15) is 9.59 Å². The molecule has 3 aromatic rings. The fourth-order valence-electron chi connectivity index (χ4n) is 3.81. The van der Waals surface area contributed by atoms with Crippen LogP contribution in [0.15, 0.2) is 73.3 Å². The van der Waals surface area contributed by atoms with Gasteiger partial charge >= 0.3 is 5.97 Å². The maximum Gasteiger partial charge on any atom is 0.315 e. The number of rotatable bonds is 7. The number of carbonyl (C=O) groups is 2. The van der Waals surface area contributed by atoms with Crippen LogP contribution in [0.4, 0.5) is 0 Å². The van der Waals surface area contributed by atoms with Crippen LogP contribution in [-0.4, -0.2) is 22.9 Å². The molecule has 0 radical (unpaired) electrons. The first kappa shape index (κ1) is 18.9. The summed E-state index contributed by atoms with van der Waals surface area (Å²) in [4.78, 5) is 25.5. The van der Waals surface area contributed by atoms with E-state index in [-0.39, 0.29) is 17.7 Å². The van der Waals surface area contributed by atoms with Gasteiger partial charge in [-0.3, -0.25) is 9.59 Å². The minimum Gasteiger partial charge on any atom is -0.465 e. The minimum absolute atomic E-state index is 0.0371. The summed E-state index contributed by atoms with van der Waals surface area (Å²) in [6.45, 7) is 4.74. The standard InChI is InChI=1S/C25H23NO3/c1-2-18-8-10-20(11-9-18)24(27)23-13-12-22-21(14-16-26(22)23)25(28)29-17-15-19-6-4-3-5-7-19/h2-13,21H,1,14-17H2. The maximum atomic E-state index is 12.9. The van der Waals surface area contributed by atoms with Crippen LogP contribution in [0, 0.1) is 0 Å². The molecule has 2 aromatic carbocycles. The Morgan fingerprint density at radius 2 is 1.79 bits per heavy atom. The second-order valence-electron chi connectivity index (χ2n) is 7.19. The Morgan fingerprint density at radius 3 is 2.52 bits per heavy atom. The summed E-state index contributed by atoms with van der Waals surface area (Å²) in [5.41, 5.74) is 4.22. The predicted molar refractivity (Wildman–Crippen MR) is 113 cm³/mol. The molecule has 4 nitrogen and oxygen atoms in total. The van der Waals surface area contributed by atoms with Gasteiger partial charge in [-0.25, -0.2) is 0 Å². The normalized spacial score (nSPS) is 15.0. The molecule has 0 bridgehead atoms. The number of ether oxygens (including phenoxy) is 1. The lowest BCUT2D eigenvalue weighted by Crippen LogP contribution is -2.15.